The number of fused-ring (bicyclic) bond motifs is 2. The molecule has 1 saturated heterocycles. The van der Waals surface area contributed by atoms with E-state index in [9.17, 15) is 4.79 Å². The number of aliphatic imine (C=N–C) groups is 1. The highest BCUT2D eigenvalue weighted by Gasteiger charge is 2.40. The Kier molecular flexibility index (Phi) is 5.97. The molecule has 2 aliphatic rings. The van der Waals surface area contributed by atoms with Crippen LogP contribution in [0.2, 0.25) is 0 Å². The van der Waals surface area contributed by atoms with E-state index in [1.165, 1.54) is 0 Å². The van der Waals surface area contributed by atoms with Gasteiger partial charge >= 0.3 is 0 Å². The fraction of sp³-hybridized carbons (Fsp3) is 0.320. The van der Waals surface area contributed by atoms with Gasteiger partial charge in [0.15, 0.2) is 11.5 Å². The van der Waals surface area contributed by atoms with Crippen molar-refractivity contribution in [3.63, 3.8) is 0 Å². The fourth-order valence-corrected chi connectivity index (χ4v) is 4.34. The van der Waals surface area contributed by atoms with Gasteiger partial charge in [0.2, 0.25) is 11.9 Å². The van der Waals surface area contributed by atoms with E-state index in [4.69, 9.17) is 14.5 Å². The summed E-state index contributed by atoms with van der Waals surface area (Å²) in [6.07, 6.45) is 8.12. The summed E-state index contributed by atoms with van der Waals surface area (Å²) in [5.41, 5.74) is 2.85. The van der Waals surface area contributed by atoms with Crippen molar-refractivity contribution in [2.24, 2.45) is 4.99 Å². The van der Waals surface area contributed by atoms with Crippen LogP contribution in [0.5, 0.6) is 11.5 Å². The normalized spacial score (nSPS) is 16.6. The first-order valence-corrected chi connectivity index (χ1v) is 11.2. The molecule has 3 heterocycles. The quantitative estimate of drug-likeness (QED) is 0.511. The number of methoxy groups -OCH3 is 1. The number of guanidine groups is 1. The number of benzene rings is 2. The molecule has 0 bridgehead atoms. The van der Waals surface area contributed by atoms with Crippen molar-refractivity contribution in [2.75, 3.05) is 13.7 Å². The Morgan fingerprint density at radius 3 is 2.82 bits per heavy atom. The van der Waals surface area contributed by atoms with Gasteiger partial charge in [-0.3, -0.25) is 10.1 Å². The lowest BCUT2D eigenvalue weighted by atomic mass is 10.0. The third-order valence-electron chi connectivity index (χ3n) is 6.04. The van der Waals surface area contributed by atoms with Gasteiger partial charge in [0, 0.05) is 30.9 Å². The summed E-state index contributed by atoms with van der Waals surface area (Å²) in [6.45, 7) is 2.05. The van der Waals surface area contributed by atoms with Gasteiger partial charge in [0.25, 0.3) is 0 Å². The van der Waals surface area contributed by atoms with Gasteiger partial charge in [0.1, 0.15) is 6.04 Å². The lowest BCUT2D eigenvalue weighted by Gasteiger charge is -2.29. The number of aryl methyl sites for hydroxylation is 1. The van der Waals surface area contributed by atoms with E-state index in [1.807, 2.05) is 59.9 Å². The molecule has 8 heteroatoms. The monoisotopic (exact) mass is 445 g/mol. The number of nitrogens with one attached hydrogen (secondary N) is 1. The summed E-state index contributed by atoms with van der Waals surface area (Å²) in [5, 5.41) is 2.94. The molecule has 33 heavy (non-hydrogen) atoms. The lowest BCUT2D eigenvalue weighted by Crippen LogP contribution is -2.38. The van der Waals surface area contributed by atoms with Crippen LogP contribution < -0.4 is 14.8 Å². The van der Waals surface area contributed by atoms with Crippen LogP contribution in [0.3, 0.4) is 0 Å². The zero-order valence-electron chi connectivity index (χ0n) is 18.6. The standard InChI is InChI=1S/C25H27N5O3/c1-32-23-19-16-30-21(15-18-7-3-2-4-8-18)24(31)28-25(30)27-20(19)9-10-22(23)33-14-6-5-12-29-13-11-26-17-29/h2-4,7-11,13,17,21H,5-6,12,14-16H2,1H3,(H,27,28,31). The maximum absolute atomic E-state index is 12.7. The van der Waals surface area contributed by atoms with Crippen LogP contribution in [0, 0.1) is 0 Å². The lowest BCUT2D eigenvalue weighted by molar-refractivity contribution is -0.121. The summed E-state index contributed by atoms with van der Waals surface area (Å²) in [4.78, 5) is 23.5. The van der Waals surface area contributed by atoms with Crippen molar-refractivity contribution >= 4 is 17.6 Å². The van der Waals surface area contributed by atoms with Gasteiger partial charge in [-0.15, -0.1) is 0 Å². The van der Waals surface area contributed by atoms with E-state index in [1.54, 1.807) is 13.3 Å². The van der Waals surface area contributed by atoms with Crippen molar-refractivity contribution in [1.29, 1.82) is 0 Å². The van der Waals surface area contributed by atoms with E-state index >= 15 is 0 Å². The molecule has 0 saturated carbocycles. The van der Waals surface area contributed by atoms with Crippen LogP contribution in [0.25, 0.3) is 0 Å². The summed E-state index contributed by atoms with van der Waals surface area (Å²) in [5.74, 6) is 1.96. The van der Waals surface area contributed by atoms with E-state index < -0.39 is 0 Å². The average molecular weight is 446 g/mol. The number of amides is 1. The van der Waals surface area contributed by atoms with Gasteiger partial charge in [-0.1, -0.05) is 30.3 Å². The van der Waals surface area contributed by atoms with Crippen molar-refractivity contribution in [3.8, 4) is 11.5 Å². The van der Waals surface area contributed by atoms with E-state index in [0.29, 0.717) is 37.0 Å². The topological polar surface area (TPSA) is 81.0 Å². The zero-order chi connectivity index (χ0) is 22.6. The van der Waals surface area contributed by atoms with Gasteiger partial charge < -0.3 is 18.9 Å². The molecule has 1 N–H and O–H groups in total. The Balaban J connectivity index is 1.28. The van der Waals surface area contributed by atoms with Crippen molar-refractivity contribution in [3.05, 3.63) is 72.3 Å². The molecule has 2 aliphatic heterocycles. The molecule has 1 fully saturated rings. The summed E-state index contributed by atoms with van der Waals surface area (Å²) in [7, 11) is 1.65. The molecular formula is C25H27N5O3. The highest BCUT2D eigenvalue weighted by molar-refractivity contribution is 6.08. The Hall–Kier alpha value is -3.81. The van der Waals surface area contributed by atoms with Crippen molar-refractivity contribution < 1.29 is 14.3 Å². The van der Waals surface area contributed by atoms with E-state index in [0.717, 1.165) is 36.2 Å². The molecule has 2 aromatic carbocycles. The number of imidazole rings is 1. The van der Waals surface area contributed by atoms with Crippen LogP contribution in [0.1, 0.15) is 24.0 Å². The molecular weight excluding hydrogens is 418 g/mol. The van der Waals surface area contributed by atoms with Gasteiger partial charge in [0.05, 0.1) is 32.3 Å². The molecule has 1 aromatic heterocycles. The maximum atomic E-state index is 12.7. The number of unbranched alkanes of at least 4 members (excludes halogenated alkanes) is 1. The van der Waals surface area contributed by atoms with Gasteiger partial charge in [-0.2, -0.15) is 0 Å². The second-order valence-corrected chi connectivity index (χ2v) is 8.21. The van der Waals surface area contributed by atoms with Crippen LogP contribution in [-0.2, 0) is 24.3 Å². The number of hydrogen-bond donors (Lipinski definition) is 1. The summed E-state index contributed by atoms with van der Waals surface area (Å²) >= 11 is 0. The summed E-state index contributed by atoms with van der Waals surface area (Å²) < 4.78 is 13.9. The molecule has 0 spiro atoms. The molecule has 0 radical (unpaired) electrons. The fourth-order valence-electron chi connectivity index (χ4n) is 4.34. The Labute approximate surface area is 192 Å². The highest BCUT2D eigenvalue weighted by atomic mass is 16.5. The van der Waals surface area contributed by atoms with Crippen LogP contribution in [0.15, 0.2) is 66.2 Å². The van der Waals surface area contributed by atoms with Crippen molar-refractivity contribution in [2.45, 2.75) is 38.4 Å². The molecule has 170 valence electrons. The van der Waals surface area contributed by atoms with Crippen molar-refractivity contribution in [1.82, 2.24) is 19.8 Å². The number of aromatic nitrogens is 2. The first-order valence-electron chi connectivity index (χ1n) is 11.2. The number of nitrogens with zero attached hydrogens (tertiary/aromatic N) is 4. The number of carbonyl (C=O) groups excluding carboxylic acids is 1. The summed E-state index contributed by atoms with van der Waals surface area (Å²) in [6, 6.07) is 13.6. The van der Waals surface area contributed by atoms with Crippen LogP contribution in [-0.4, -0.2) is 46.1 Å². The molecule has 8 nitrogen and oxygen atoms in total. The third kappa shape index (κ3) is 4.41. The minimum atomic E-state index is -0.309. The number of ether oxygens (including phenoxy) is 2. The first-order chi connectivity index (χ1) is 16.2. The van der Waals surface area contributed by atoms with Gasteiger partial charge in [-0.25, -0.2) is 9.98 Å². The van der Waals surface area contributed by atoms with Gasteiger partial charge in [-0.05, 0) is 30.5 Å². The predicted octanol–water partition coefficient (Wildman–Crippen LogP) is 3.30. The minimum absolute atomic E-state index is 0.0289. The largest absolute Gasteiger partial charge is 0.492 e. The molecule has 5 rings (SSSR count). The second-order valence-electron chi connectivity index (χ2n) is 8.21. The molecule has 3 aromatic rings. The second kappa shape index (κ2) is 9.36. The third-order valence-corrected chi connectivity index (χ3v) is 6.04. The molecule has 1 amide bonds. The van der Waals surface area contributed by atoms with E-state index in [-0.39, 0.29) is 11.9 Å². The van der Waals surface area contributed by atoms with Crippen LogP contribution in [0.4, 0.5) is 5.69 Å². The number of carbonyl (C=O) groups is 1. The highest BCUT2D eigenvalue weighted by Crippen LogP contribution is 2.41. The first kappa shape index (κ1) is 21.1. The Bertz CT molecular complexity index is 1140. The van der Waals surface area contributed by atoms with E-state index in [2.05, 4.69) is 14.9 Å². The molecule has 1 unspecified atom stereocenters. The minimum Gasteiger partial charge on any atom is -0.492 e. The molecule has 1 atom stereocenters. The zero-order valence-corrected chi connectivity index (χ0v) is 18.6. The average Bonchev–Trinajstić information content (AvgIpc) is 3.46. The number of rotatable bonds is 9. The smallest absolute Gasteiger partial charge is 0.249 e. The predicted molar refractivity (Wildman–Crippen MR) is 125 cm³/mol. The maximum Gasteiger partial charge on any atom is 0.249 e. The number of hydrogen-bond acceptors (Lipinski definition) is 6. The molecule has 0 aliphatic carbocycles. The van der Waals surface area contributed by atoms with Crippen LogP contribution >= 0.6 is 0 Å². The Morgan fingerprint density at radius 1 is 1.15 bits per heavy atom. The SMILES string of the molecule is COc1c(OCCCCn2ccnc2)ccc2c1CN1C(=N2)NC(=O)C1Cc1ccccc1. The Morgan fingerprint density at radius 2 is 2.03 bits per heavy atom.